The van der Waals surface area contributed by atoms with Gasteiger partial charge in [-0.3, -0.25) is 0 Å². The maximum atomic E-state index is 13.4. The Morgan fingerprint density at radius 1 is 1.21 bits per heavy atom. The molecule has 0 unspecified atom stereocenters. The highest BCUT2D eigenvalue weighted by atomic mass is 35.5. The second-order valence-corrected chi connectivity index (χ2v) is 4.08. The summed E-state index contributed by atoms with van der Waals surface area (Å²) < 4.78 is 18.8. The molecule has 102 valence electrons. The second-order valence-electron chi connectivity index (χ2n) is 3.64. The lowest BCUT2D eigenvalue weighted by Gasteiger charge is -2.06. The van der Waals surface area contributed by atoms with Crippen LogP contribution in [-0.2, 0) is 6.61 Å². The lowest BCUT2D eigenvalue weighted by atomic mass is 10.2. The molecule has 19 heavy (non-hydrogen) atoms. The molecule has 0 aliphatic heterocycles. The first-order valence-corrected chi connectivity index (χ1v) is 6.53. The SMILES string of the molecule is CC.Cc1cccc(OCc2ccc(Cl)cc2F)n1. The molecule has 0 amide bonds. The molecule has 0 saturated carbocycles. The molecule has 0 aliphatic rings. The van der Waals surface area contributed by atoms with Gasteiger partial charge >= 0.3 is 0 Å². The summed E-state index contributed by atoms with van der Waals surface area (Å²) in [5.74, 6) is 0.115. The fourth-order valence-electron chi connectivity index (χ4n) is 1.39. The standard InChI is InChI=1S/C13H11ClFNO.C2H6/c1-9-3-2-4-13(16-9)17-8-10-5-6-11(14)7-12(10)15;1-2/h2-7H,8H2,1H3;1-2H3. The van der Waals surface area contributed by atoms with Crippen LogP contribution in [0.3, 0.4) is 0 Å². The summed E-state index contributed by atoms with van der Waals surface area (Å²) in [5.41, 5.74) is 1.32. The van der Waals surface area contributed by atoms with Crippen molar-refractivity contribution in [2.45, 2.75) is 27.4 Å². The third-order valence-electron chi connectivity index (χ3n) is 2.25. The number of halogens is 2. The minimum atomic E-state index is -0.370. The number of benzene rings is 1. The summed E-state index contributed by atoms with van der Waals surface area (Å²) in [6.07, 6.45) is 0. The van der Waals surface area contributed by atoms with Crippen LogP contribution in [0.2, 0.25) is 5.02 Å². The highest BCUT2D eigenvalue weighted by Crippen LogP contribution is 2.16. The predicted molar refractivity (Wildman–Crippen MR) is 76.1 cm³/mol. The molecule has 0 radical (unpaired) electrons. The van der Waals surface area contributed by atoms with E-state index in [1.165, 1.54) is 6.07 Å². The Morgan fingerprint density at radius 3 is 2.58 bits per heavy atom. The summed E-state index contributed by atoms with van der Waals surface area (Å²) in [5, 5.41) is 0.375. The van der Waals surface area contributed by atoms with E-state index in [-0.39, 0.29) is 12.4 Å². The van der Waals surface area contributed by atoms with Gasteiger partial charge < -0.3 is 4.74 Å². The van der Waals surface area contributed by atoms with E-state index in [9.17, 15) is 4.39 Å². The number of hydrogen-bond acceptors (Lipinski definition) is 2. The van der Waals surface area contributed by atoms with E-state index in [0.717, 1.165) is 5.69 Å². The van der Waals surface area contributed by atoms with Gasteiger partial charge in [0.2, 0.25) is 5.88 Å². The maximum Gasteiger partial charge on any atom is 0.213 e. The van der Waals surface area contributed by atoms with E-state index >= 15 is 0 Å². The average molecular weight is 282 g/mol. The quantitative estimate of drug-likeness (QED) is 0.807. The molecule has 0 bridgehead atoms. The molecular weight excluding hydrogens is 265 g/mol. The molecule has 0 spiro atoms. The van der Waals surface area contributed by atoms with Crippen molar-refractivity contribution in [1.82, 2.24) is 4.98 Å². The summed E-state index contributed by atoms with van der Waals surface area (Å²) in [4.78, 5) is 4.16. The van der Waals surface area contributed by atoms with Crippen molar-refractivity contribution in [3.63, 3.8) is 0 Å². The van der Waals surface area contributed by atoms with Gasteiger partial charge in [0.15, 0.2) is 0 Å². The van der Waals surface area contributed by atoms with Crippen molar-refractivity contribution in [1.29, 1.82) is 0 Å². The van der Waals surface area contributed by atoms with E-state index in [1.54, 1.807) is 18.2 Å². The fourth-order valence-corrected chi connectivity index (χ4v) is 1.55. The number of aryl methyl sites for hydroxylation is 1. The van der Waals surface area contributed by atoms with Crippen molar-refractivity contribution in [3.05, 3.63) is 58.5 Å². The highest BCUT2D eigenvalue weighted by molar-refractivity contribution is 6.30. The first-order chi connectivity index (χ1) is 9.15. The number of rotatable bonds is 3. The van der Waals surface area contributed by atoms with E-state index < -0.39 is 0 Å². The average Bonchev–Trinajstić information content (AvgIpc) is 2.40. The molecule has 0 saturated heterocycles. The van der Waals surface area contributed by atoms with Gasteiger partial charge in [-0.05, 0) is 25.1 Å². The topological polar surface area (TPSA) is 22.1 Å². The van der Waals surface area contributed by atoms with Crippen LogP contribution >= 0.6 is 11.6 Å². The molecule has 2 nitrogen and oxygen atoms in total. The lowest BCUT2D eigenvalue weighted by Crippen LogP contribution is -2.00. The van der Waals surface area contributed by atoms with Gasteiger partial charge in [-0.15, -0.1) is 0 Å². The highest BCUT2D eigenvalue weighted by Gasteiger charge is 2.04. The normalized spacial score (nSPS) is 9.53. The second kappa shape index (κ2) is 7.74. The lowest BCUT2D eigenvalue weighted by molar-refractivity contribution is 0.287. The number of aromatic nitrogens is 1. The third kappa shape index (κ3) is 4.87. The molecule has 1 aromatic heterocycles. The van der Waals surface area contributed by atoms with Crippen LogP contribution in [0.4, 0.5) is 4.39 Å². The zero-order valence-corrected chi connectivity index (χ0v) is 12.0. The van der Waals surface area contributed by atoms with Crippen LogP contribution in [0.25, 0.3) is 0 Å². The summed E-state index contributed by atoms with van der Waals surface area (Å²) in [7, 11) is 0. The summed E-state index contributed by atoms with van der Waals surface area (Å²) >= 11 is 5.66. The first-order valence-electron chi connectivity index (χ1n) is 6.15. The van der Waals surface area contributed by atoms with Crippen LogP contribution in [0.15, 0.2) is 36.4 Å². The summed E-state index contributed by atoms with van der Waals surface area (Å²) in [6.45, 7) is 6.01. The molecule has 1 aromatic carbocycles. The van der Waals surface area contributed by atoms with Crippen molar-refractivity contribution in [3.8, 4) is 5.88 Å². The van der Waals surface area contributed by atoms with Gasteiger partial charge in [0.1, 0.15) is 12.4 Å². The molecule has 0 atom stereocenters. The number of ether oxygens (including phenoxy) is 1. The molecule has 4 heteroatoms. The fraction of sp³-hybridized carbons (Fsp3) is 0.267. The van der Waals surface area contributed by atoms with Gasteiger partial charge in [0.25, 0.3) is 0 Å². The van der Waals surface area contributed by atoms with E-state index in [0.29, 0.717) is 16.5 Å². The van der Waals surface area contributed by atoms with Gasteiger partial charge in [0, 0.05) is 22.3 Å². The van der Waals surface area contributed by atoms with E-state index in [4.69, 9.17) is 16.3 Å². The van der Waals surface area contributed by atoms with Gasteiger partial charge in [-0.25, -0.2) is 9.37 Å². The van der Waals surface area contributed by atoms with Crippen LogP contribution in [-0.4, -0.2) is 4.98 Å². The van der Waals surface area contributed by atoms with Crippen molar-refractivity contribution in [2.24, 2.45) is 0 Å². The third-order valence-corrected chi connectivity index (χ3v) is 2.49. The molecule has 0 fully saturated rings. The molecule has 2 aromatic rings. The van der Waals surface area contributed by atoms with Crippen molar-refractivity contribution >= 4 is 11.6 Å². The molecule has 1 heterocycles. The number of hydrogen-bond donors (Lipinski definition) is 0. The van der Waals surface area contributed by atoms with Crippen molar-refractivity contribution in [2.75, 3.05) is 0 Å². The smallest absolute Gasteiger partial charge is 0.213 e. The van der Waals surface area contributed by atoms with Crippen LogP contribution in [0.5, 0.6) is 5.88 Å². The minimum absolute atomic E-state index is 0.138. The van der Waals surface area contributed by atoms with Crippen molar-refractivity contribution < 1.29 is 9.13 Å². The Bertz CT molecular complexity index is 531. The Kier molecular flexibility index (Phi) is 6.30. The molecule has 0 N–H and O–H groups in total. The van der Waals surface area contributed by atoms with E-state index in [1.807, 2.05) is 32.9 Å². The Balaban J connectivity index is 0.000000861. The molecule has 2 rings (SSSR count). The Morgan fingerprint density at radius 2 is 1.95 bits per heavy atom. The molecular formula is C15H17ClFNO. The van der Waals surface area contributed by atoms with E-state index in [2.05, 4.69) is 4.98 Å². The minimum Gasteiger partial charge on any atom is -0.473 e. The maximum absolute atomic E-state index is 13.4. The Hall–Kier alpha value is -1.61. The van der Waals surface area contributed by atoms with Crippen LogP contribution in [0.1, 0.15) is 25.1 Å². The van der Waals surface area contributed by atoms with Gasteiger partial charge in [0.05, 0.1) is 0 Å². The van der Waals surface area contributed by atoms with Crippen LogP contribution < -0.4 is 4.74 Å². The number of nitrogens with zero attached hydrogens (tertiary/aromatic N) is 1. The Labute approximate surface area is 118 Å². The first kappa shape index (κ1) is 15.4. The van der Waals surface area contributed by atoms with Gasteiger partial charge in [-0.2, -0.15) is 0 Å². The number of pyridine rings is 1. The largest absolute Gasteiger partial charge is 0.473 e. The zero-order chi connectivity index (χ0) is 14.3. The van der Waals surface area contributed by atoms with Crippen LogP contribution in [0, 0.1) is 12.7 Å². The zero-order valence-electron chi connectivity index (χ0n) is 11.3. The monoisotopic (exact) mass is 281 g/mol. The van der Waals surface area contributed by atoms with Gasteiger partial charge in [-0.1, -0.05) is 37.6 Å². The molecule has 0 aliphatic carbocycles. The summed E-state index contributed by atoms with van der Waals surface area (Å²) in [6, 6.07) is 9.96. The predicted octanol–water partition coefficient (Wildman–Crippen LogP) is 4.79.